The number of nitrogens with one attached hydrogen (secondary N) is 1. The lowest BCUT2D eigenvalue weighted by Gasteiger charge is -2.15. The molecule has 0 saturated heterocycles. The molecule has 0 saturated carbocycles. The van der Waals surface area contributed by atoms with Crippen LogP contribution in [0.15, 0.2) is 47.4 Å². The van der Waals surface area contributed by atoms with Gasteiger partial charge in [-0.15, -0.1) is 0 Å². The van der Waals surface area contributed by atoms with E-state index < -0.39 is 10.0 Å². The molecule has 0 amide bonds. The highest BCUT2D eigenvalue weighted by Gasteiger charge is 2.19. The van der Waals surface area contributed by atoms with Crippen LogP contribution in [0.1, 0.15) is 18.1 Å². The molecule has 2 aromatic rings. The van der Waals surface area contributed by atoms with Gasteiger partial charge in [0.25, 0.3) is 0 Å². The van der Waals surface area contributed by atoms with Crippen molar-refractivity contribution < 1.29 is 17.9 Å². The number of ether oxygens (including phenoxy) is 2. The van der Waals surface area contributed by atoms with Crippen LogP contribution in [0.5, 0.6) is 11.5 Å². The first kappa shape index (κ1) is 16.8. The van der Waals surface area contributed by atoms with Gasteiger partial charge in [-0.25, -0.2) is 13.1 Å². The van der Waals surface area contributed by atoms with E-state index in [1.165, 1.54) is 5.56 Å². The Morgan fingerprint density at radius 2 is 1.96 bits per heavy atom. The predicted molar refractivity (Wildman–Crippen MR) is 92.1 cm³/mol. The second kappa shape index (κ2) is 6.83. The van der Waals surface area contributed by atoms with Crippen molar-refractivity contribution in [1.82, 2.24) is 4.72 Å². The molecule has 0 radical (unpaired) electrons. The number of hydrogen-bond donors (Lipinski definition) is 1. The fourth-order valence-corrected chi connectivity index (χ4v) is 4.09. The number of fused-ring (bicyclic) bond motifs is 1. The van der Waals surface area contributed by atoms with Crippen molar-refractivity contribution in [1.29, 1.82) is 0 Å². The standard InChI is InChI=1S/C18H21NO4S/c1-13(11-14-3-8-18-15(12-14)9-10-23-18)19-24(20,21)17-6-4-16(22-2)5-7-17/h3-8,12-13,19H,9-11H2,1-2H3. The molecule has 128 valence electrons. The zero-order valence-electron chi connectivity index (χ0n) is 13.8. The van der Waals surface area contributed by atoms with Gasteiger partial charge in [0, 0.05) is 12.5 Å². The smallest absolute Gasteiger partial charge is 0.240 e. The summed E-state index contributed by atoms with van der Waals surface area (Å²) in [6.45, 7) is 2.59. The van der Waals surface area contributed by atoms with Crippen LogP contribution in [0, 0.1) is 0 Å². The maximum Gasteiger partial charge on any atom is 0.240 e. The molecule has 24 heavy (non-hydrogen) atoms. The molecular formula is C18H21NO4S. The van der Waals surface area contributed by atoms with Crippen molar-refractivity contribution >= 4 is 10.0 Å². The number of rotatable bonds is 6. The quantitative estimate of drug-likeness (QED) is 0.872. The van der Waals surface area contributed by atoms with Crippen molar-refractivity contribution in [2.24, 2.45) is 0 Å². The molecule has 0 fully saturated rings. The molecule has 0 aliphatic carbocycles. The van der Waals surface area contributed by atoms with Gasteiger partial charge in [0.05, 0.1) is 18.6 Å². The summed E-state index contributed by atoms with van der Waals surface area (Å²) in [5, 5.41) is 0. The highest BCUT2D eigenvalue weighted by Crippen LogP contribution is 2.26. The van der Waals surface area contributed by atoms with E-state index in [0.717, 1.165) is 24.3 Å². The van der Waals surface area contributed by atoms with Crippen LogP contribution >= 0.6 is 0 Å². The largest absolute Gasteiger partial charge is 0.497 e. The molecule has 0 aromatic heterocycles. The third kappa shape index (κ3) is 3.71. The van der Waals surface area contributed by atoms with Gasteiger partial charge in [0.1, 0.15) is 11.5 Å². The summed E-state index contributed by atoms with van der Waals surface area (Å²) in [6, 6.07) is 12.2. The molecule has 1 N–H and O–H groups in total. The van der Waals surface area contributed by atoms with Crippen LogP contribution in [0.25, 0.3) is 0 Å². The summed E-state index contributed by atoms with van der Waals surface area (Å²) in [6.07, 6.45) is 1.54. The fraction of sp³-hybridized carbons (Fsp3) is 0.333. The topological polar surface area (TPSA) is 64.6 Å². The van der Waals surface area contributed by atoms with E-state index in [0.29, 0.717) is 12.2 Å². The van der Waals surface area contributed by atoms with Crippen LogP contribution in [-0.4, -0.2) is 28.2 Å². The van der Waals surface area contributed by atoms with E-state index in [2.05, 4.69) is 10.8 Å². The summed E-state index contributed by atoms with van der Waals surface area (Å²) < 4.78 is 38.2. The summed E-state index contributed by atoms with van der Waals surface area (Å²) in [7, 11) is -2.00. The summed E-state index contributed by atoms with van der Waals surface area (Å²) in [5.74, 6) is 1.56. The fourth-order valence-electron chi connectivity index (χ4n) is 2.85. The minimum absolute atomic E-state index is 0.211. The summed E-state index contributed by atoms with van der Waals surface area (Å²) >= 11 is 0. The SMILES string of the molecule is COc1ccc(S(=O)(=O)NC(C)Cc2ccc3c(c2)CCO3)cc1. The molecule has 1 heterocycles. The number of sulfonamides is 1. The van der Waals surface area contributed by atoms with Crippen molar-refractivity contribution in [3.8, 4) is 11.5 Å². The van der Waals surface area contributed by atoms with Gasteiger partial charge in [0.15, 0.2) is 0 Å². The Kier molecular flexibility index (Phi) is 4.78. The zero-order valence-corrected chi connectivity index (χ0v) is 14.6. The van der Waals surface area contributed by atoms with Crippen LogP contribution in [0.2, 0.25) is 0 Å². The second-order valence-corrected chi connectivity index (χ2v) is 7.66. The third-order valence-corrected chi connectivity index (χ3v) is 5.63. The number of hydrogen-bond acceptors (Lipinski definition) is 4. The monoisotopic (exact) mass is 347 g/mol. The average Bonchev–Trinajstić information content (AvgIpc) is 3.02. The Hall–Kier alpha value is -2.05. The highest BCUT2D eigenvalue weighted by molar-refractivity contribution is 7.89. The van der Waals surface area contributed by atoms with E-state index in [9.17, 15) is 8.42 Å². The molecule has 1 aliphatic rings. The molecule has 1 aliphatic heterocycles. The van der Waals surface area contributed by atoms with Crippen molar-refractivity contribution in [3.63, 3.8) is 0 Å². The lowest BCUT2D eigenvalue weighted by atomic mass is 10.0. The van der Waals surface area contributed by atoms with Gasteiger partial charge < -0.3 is 9.47 Å². The van der Waals surface area contributed by atoms with E-state index in [1.54, 1.807) is 31.4 Å². The van der Waals surface area contributed by atoms with Gasteiger partial charge in [-0.1, -0.05) is 12.1 Å². The third-order valence-electron chi connectivity index (χ3n) is 4.02. The second-order valence-electron chi connectivity index (χ2n) is 5.94. The van der Waals surface area contributed by atoms with E-state index >= 15 is 0 Å². The number of methoxy groups -OCH3 is 1. The summed E-state index contributed by atoms with van der Waals surface area (Å²) in [4.78, 5) is 0.234. The minimum Gasteiger partial charge on any atom is -0.497 e. The zero-order chi connectivity index (χ0) is 17.2. The molecule has 0 bridgehead atoms. The van der Waals surface area contributed by atoms with Gasteiger partial charge in [0.2, 0.25) is 10.0 Å². The Bertz CT molecular complexity index is 815. The van der Waals surface area contributed by atoms with Crippen LogP contribution in [0.4, 0.5) is 0 Å². The first-order valence-electron chi connectivity index (χ1n) is 7.89. The molecular weight excluding hydrogens is 326 g/mol. The lowest BCUT2D eigenvalue weighted by molar-refractivity contribution is 0.357. The molecule has 1 atom stereocenters. The van der Waals surface area contributed by atoms with Gasteiger partial charge >= 0.3 is 0 Å². The van der Waals surface area contributed by atoms with Crippen LogP contribution < -0.4 is 14.2 Å². The molecule has 1 unspecified atom stereocenters. The Balaban J connectivity index is 1.67. The van der Waals surface area contributed by atoms with Crippen LogP contribution in [-0.2, 0) is 22.9 Å². The number of benzene rings is 2. The molecule has 6 heteroatoms. The first-order valence-corrected chi connectivity index (χ1v) is 9.37. The molecule has 5 nitrogen and oxygen atoms in total. The maximum absolute atomic E-state index is 12.4. The van der Waals surface area contributed by atoms with Crippen molar-refractivity contribution in [2.75, 3.05) is 13.7 Å². The van der Waals surface area contributed by atoms with Gasteiger partial charge in [-0.3, -0.25) is 0 Å². The van der Waals surface area contributed by atoms with Crippen molar-refractivity contribution in [2.45, 2.75) is 30.7 Å². The van der Waals surface area contributed by atoms with E-state index in [-0.39, 0.29) is 10.9 Å². The normalized spacial score (nSPS) is 14.8. The lowest BCUT2D eigenvalue weighted by Crippen LogP contribution is -2.34. The summed E-state index contributed by atoms with van der Waals surface area (Å²) in [5.41, 5.74) is 2.29. The molecule has 3 rings (SSSR count). The predicted octanol–water partition coefficient (Wildman–Crippen LogP) is 2.54. The van der Waals surface area contributed by atoms with Gasteiger partial charge in [-0.2, -0.15) is 0 Å². The molecule has 0 spiro atoms. The highest BCUT2D eigenvalue weighted by atomic mass is 32.2. The first-order chi connectivity index (χ1) is 11.5. The Morgan fingerprint density at radius 3 is 2.67 bits per heavy atom. The maximum atomic E-state index is 12.4. The van der Waals surface area contributed by atoms with Crippen LogP contribution in [0.3, 0.4) is 0 Å². The van der Waals surface area contributed by atoms with Crippen molar-refractivity contribution in [3.05, 3.63) is 53.6 Å². The van der Waals surface area contributed by atoms with E-state index in [1.807, 2.05) is 19.1 Å². The Labute approximate surface area is 142 Å². The average molecular weight is 347 g/mol. The molecule has 2 aromatic carbocycles. The Morgan fingerprint density at radius 1 is 1.21 bits per heavy atom. The van der Waals surface area contributed by atoms with E-state index in [4.69, 9.17) is 9.47 Å². The van der Waals surface area contributed by atoms with Gasteiger partial charge in [-0.05, 0) is 54.8 Å². The minimum atomic E-state index is -3.55.